The molecule has 3 N–H and O–H groups in total. The molecule has 5 heteroatoms. The van der Waals surface area contributed by atoms with Gasteiger partial charge in [0.05, 0.1) is 0 Å². The van der Waals surface area contributed by atoms with Crippen molar-refractivity contribution in [1.29, 1.82) is 0 Å². The van der Waals surface area contributed by atoms with Crippen molar-refractivity contribution in [3.8, 4) is 5.75 Å². The molecule has 1 unspecified atom stereocenters. The second-order valence-corrected chi connectivity index (χ2v) is 3.18. The van der Waals surface area contributed by atoms with Gasteiger partial charge in [-0.15, -0.1) is 0 Å². The number of aromatic hydroxyl groups is 1. The van der Waals surface area contributed by atoms with Crippen LogP contribution in [0, 0.1) is 17.5 Å². The van der Waals surface area contributed by atoms with E-state index in [-0.39, 0.29) is 18.0 Å². The third-order valence-electron chi connectivity index (χ3n) is 1.76. The number of hydrogen-bond acceptors (Lipinski definition) is 2. The van der Waals surface area contributed by atoms with Gasteiger partial charge >= 0.3 is 0 Å². The van der Waals surface area contributed by atoms with Crippen LogP contribution < -0.4 is 5.73 Å². The zero-order chi connectivity index (χ0) is 10.9. The fourth-order valence-electron chi connectivity index (χ4n) is 1.14. The molecule has 0 bridgehead atoms. The van der Waals surface area contributed by atoms with Crippen molar-refractivity contribution < 1.29 is 18.3 Å². The van der Waals surface area contributed by atoms with Crippen molar-refractivity contribution in [1.82, 2.24) is 0 Å². The predicted molar refractivity (Wildman–Crippen MR) is 45.3 cm³/mol. The molecule has 0 radical (unpaired) electrons. The fraction of sp³-hybridized carbons (Fsp3) is 0.333. The number of benzene rings is 1. The van der Waals surface area contributed by atoms with Crippen LogP contribution in [-0.2, 0) is 6.42 Å². The van der Waals surface area contributed by atoms with Crippen LogP contribution in [-0.4, -0.2) is 11.1 Å². The summed E-state index contributed by atoms with van der Waals surface area (Å²) in [6.45, 7) is 1.61. The first-order valence-electron chi connectivity index (χ1n) is 4.04. The minimum atomic E-state index is -1.67. The Morgan fingerprint density at radius 1 is 1.36 bits per heavy atom. The lowest BCUT2D eigenvalue weighted by molar-refractivity contribution is 0.380. The van der Waals surface area contributed by atoms with Gasteiger partial charge in [0.25, 0.3) is 0 Å². The molecule has 0 spiro atoms. The van der Waals surface area contributed by atoms with E-state index in [1.165, 1.54) is 0 Å². The number of phenols is 1. The van der Waals surface area contributed by atoms with Crippen LogP contribution in [0.15, 0.2) is 6.07 Å². The molecule has 1 aromatic carbocycles. The number of phenolic OH excluding ortho intramolecular Hbond substituents is 1. The fourth-order valence-corrected chi connectivity index (χ4v) is 1.14. The topological polar surface area (TPSA) is 46.2 Å². The van der Waals surface area contributed by atoms with Gasteiger partial charge in [0.1, 0.15) is 0 Å². The zero-order valence-corrected chi connectivity index (χ0v) is 7.52. The molecule has 0 aliphatic rings. The second-order valence-electron chi connectivity index (χ2n) is 3.18. The predicted octanol–water partition coefficient (Wildman–Crippen LogP) is 1.70. The Bertz CT molecular complexity index is 352. The minimum absolute atomic E-state index is 0.0311. The highest BCUT2D eigenvalue weighted by Gasteiger charge is 2.18. The Morgan fingerprint density at radius 3 is 2.43 bits per heavy atom. The Labute approximate surface area is 79.2 Å². The van der Waals surface area contributed by atoms with Gasteiger partial charge < -0.3 is 10.8 Å². The molecule has 0 fully saturated rings. The monoisotopic (exact) mass is 205 g/mol. The molecule has 0 amide bonds. The summed E-state index contributed by atoms with van der Waals surface area (Å²) < 4.78 is 38.1. The third kappa shape index (κ3) is 1.98. The number of hydrogen-bond donors (Lipinski definition) is 2. The van der Waals surface area contributed by atoms with E-state index in [9.17, 15) is 13.2 Å². The van der Waals surface area contributed by atoms with Crippen molar-refractivity contribution in [2.24, 2.45) is 5.73 Å². The summed E-state index contributed by atoms with van der Waals surface area (Å²) in [5.74, 6) is -5.44. The quantitative estimate of drug-likeness (QED) is 0.722. The Kier molecular flexibility index (Phi) is 3.00. The van der Waals surface area contributed by atoms with Crippen LogP contribution >= 0.6 is 0 Å². The van der Waals surface area contributed by atoms with E-state index < -0.39 is 23.2 Å². The maximum atomic E-state index is 12.8. The van der Waals surface area contributed by atoms with E-state index in [4.69, 9.17) is 10.8 Å². The molecule has 0 heterocycles. The molecule has 0 saturated heterocycles. The highest BCUT2D eigenvalue weighted by atomic mass is 19.2. The van der Waals surface area contributed by atoms with Gasteiger partial charge in [-0.1, -0.05) is 0 Å². The average molecular weight is 205 g/mol. The summed E-state index contributed by atoms with van der Waals surface area (Å²) in [5, 5.41) is 9.11. The molecule has 1 aromatic rings. The van der Waals surface area contributed by atoms with Gasteiger partial charge in [0, 0.05) is 11.6 Å². The molecule has 1 rings (SSSR count). The van der Waals surface area contributed by atoms with E-state index in [0.29, 0.717) is 0 Å². The van der Waals surface area contributed by atoms with Gasteiger partial charge in [-0.05, 0) is 19.4 Å². The summed E-state index contributed by atoms with van der Waals surface area (Å²) in [4.78, 5) is 0. The SMILES string of the molecule is CC(N)Cc1cc(F)c(F)c(F)c1O. The molecule has 14 heavy (non-hydrogen) atoms. The third-order valence-corrected chi connectivity index (χ3v) is 1.76. The van der Waals surface area contributed by atoms with Crippen LogP contribution in [0.5, 0.6) is 5.75 Å². The van der Waals surface area contributed by atoms with E-state index in [1.807, 2.05) is 0 Å². The largest absolute Gasteiger partial charge is 0.505 e. The van der Waals surface area contributed by atoms with Gasteiger partial charge in [-0.3, -0.25) is 0 Å². The van der Waals surface area contributed by atoms with Crippen LogP contribution in [0.25, 0.3) is 0 Å². The van der Waals surface area contributed by atoms with Gasteiger partial charge in [-0.25, -0.2) is 8.78 Å². The maximum absolute atomic E-state index is 12.8. The average Bonchev–Trinajstić information content (AvgIpc) is 2.10. The number of halogens is 3. The lowest BCUT2D eigenvalue weighted by Crippen LogP contribution is -2.18. The molecule has 2 nitrogen and oxygen atoms in total. The first kappa shape index (κ1) is 10.8. The van der Waals surface area contributed by atoms with Crippen LogP contribution in [0.1, 0.15) is 12.5 Å². The Balaban J connectivity index is 3.19. The Morgan fingerprint density at radius 2 is 1.93 bits per heavy atom. The highest BCUT2D eigenvalue weighted by Crippen LogP contribution is 2.26. The Hall–Kier alpha value is -1.23. The van der Waals surface area contributed by atoms with Crippen molar-refractivity contribution >= 4 is 0 Å². The van der Waals surface area contributed by atoms with Crippen LogP contribution in [0.3, 0.4) is 0 Å². The first-order chi connectivity index (χ1) is 6.43. The highest BCUT2D eigenvalue weighted by molar-refractivity contribution is 5.35. The first-order valence-corrected chi connectivity index (χ1v) is 4.04. The summed E-state index contributed by atoms with van der Waals surface area (Å²) in [6, 6.07) is 0.377. The van der Waals surface area contributed by atoms with E-state index in [2.05, 4.69) is 0 Å². The smallest absolute Gasteiger partial charge is 0.203 e. The zero-order valence-electron chi connectivity index (χ0n) is 7.52. The number of nitrogens with two attached hydrogens (primary N) is 1. The lowest BCUT2D eigenvalue weighted by atomic mass is 10.1. The normalized spacial score (nSPS) is 12.9. The van der Waals surface area contributed by atoms with Gasteiger partial charge in [-0.2, -0.15) is 4.39 Å². The van der Waals surface area contributed by atoms with E-state index in [1.54, 1.807) is 6.92 Å². The second kappa shape index (κ2) is 3.88. The van der Waals surface area contributed by atoms with E-state index >= 15 is 0 Å². The summed E-state index contributed by atoms with van der Waals surface area (Å²) in [5.41, 5.74) is 5.35. The molecule has 0 aliphatic carbocycles. The van der Waals surface area contributed by atoms with Gasteiger partial charge in [0.2, 0.25) is 5.82 Å². The maximum Gasteiger partial charge on any atom is 0.203 e. The molecule has 1 atom stereocenters. The summed E-state index contributed by atoms with van der Waals surface area (Å²) >= 11 is 0. The van der Waals surface area contributed by atoms with E-state index in [0.717, 1.165) is 6.07 Å². The number of rotatable bonds is 2. The van der Waals surface area contributed by atoms with Crippen LogP contribution in [0.2, 0.25) is 0 Å². The van der Waals surface area contributed by atoms with Crippen molar-refractivity contribution in [3.05, 3.63) is 29.1 Å². The van der Waals surface area contributed by atoms with Gasteiger partial charge in [0.15, 0.2) is 17.4 Å². The summed E-state index contributed by atoms with van der Waals surface area (Å²) in [7, 11) is 0. The standard InChI is InChI=1S/C9H10F3NO/c1-4(13)2-5-3-6(10)7(11)8(12)9(5)14/h3-4,14H,2,13H2,1H3. The van der Waals surface area contributed by atoms with Crippen molar-refractivity contribution in [2.75, 3.05) is 0 Å². The van der Waals surface area contributed by atoms with Crippen LogP contribution in [0.4, 0.5) is 13.2 Å². The van der Waals surface area contributed by atoms with Crippen molar-refractivity contribution in [3.63, 3.8) is 0 Å². The molecule has 0 saturated carbocycles. The summed E-state index contributed by atoms with van der Waals surface area (Å²) in [6.07, 6.45) is 0.0833. The molecule has 78 valence electrons. The molecule has 0 aromatic heterocycles. The van der Waals surface area contributed by atoms with Crippen molar-refractivity contribution in [2.45, 2.75) is 19.4 Å². The minimum Gasteiger partial charge on any atom is -0.505 e. The lowest BCUT2D eigenvalue weighted by Gasteiger charge is -2.08. The molecular formula is C9H10F3NO. The molecular weight excluding hydrogens is 195 g/mol. The molecule has 0 aliphatic heterocycles.